The summed E-state index contributed by atoms with van der Waals surface area (Å²) in [6, 6.07) is 10.6. The number of amides is 2. The van der Waals surface area contributed by atoms with Crippen molar-refractivity contribution >= 4 is 62.3 Å². The first kappa shape index (κ1) is 27.2. The Labute approximate surface area is 209 Å². The topological polar surface area (TPSA) is 86.8 Å². The Kier molecular flexibility index (Phi) is 9.84. The molecule has 2 aromatic rings. The molecule has 0 saturated heterocycles. The zero-order chi connectivity index (χ0) is 24.8. The first-order chi connectivity index (χ1) is 15.5. The van der Waals surface area contributed by atoms with Crippen molar-refractivity contribution in [1.82, 2.24) is 10.2 Å². The van der Waals surface area contributed by atoms with Crippen LogP contribution < -0.4 is 9.62 Å². The van der Waals surface area contributed by atoms with E-state index in [1.165, 1.54) is 23.1 Å². The Morgan fingerprint density at radius 2 is 1.67 bits per heavy atom. The molecular formula is C22H26Cl3N3O4S. The van der Waals surface area contributed by atoms with Crippen molar-refractivity contribution in [3.63, 3.8) is 0 Å². The van der Waals surface area contributed by atoms with Crippen LogP contribution in [0.25, 0.3) is 0 Å². The highest BCUT2D eigenvalue weighted by Crippen LogP contribution is 2.33. The quantitative estimate of drug-likeness (QED) is 0.491. The Hall–Kier alpha value is -2.00. The fourth-order valence-electron chi connectivity index (χ4n) is 3.07. The fourth-order valence-corrected chi connectivity index (χ4v) is 4.57. The summed E-state index contributed by atoms with van der Waals surface area (Å²) in [5.74, 6) is -0.959. The monoisotopic (exact) mass is 533 g/mol. The number of nitrogens with one attached hydrogen (secondary N) is 1. The number of rotatable bonds is 10. The average Bonchev–Trinajstić information content (AvgIpc) is 2.76. The number of carbonyl (C=O) groups excluding carboxylic acids is 2. The minimum Gasteiger partial charge on any atom is -0.354 e. The predicted molar refractivity (Wildman–Crippen MR) is 133 cm³/mol. The van der Waals surface area contributed by atoms with Crippen molar-refractivity contribution < 1.29 is 18.0 Å². The number of nitrogens with zero attached hydrogens (tertiary/aromatic N) is 2. The molecule has 2 amide bonds. The van der Waals surface area contributed by atoms with Gasteiger partial charge in [-0.15, -0.1) is 0 Å². The molecule has 1 atom stereocenters. The van der Waals surface area contributed by atoms with Crippen LogP contribution in [0.5, 0.6) is 0 Å². The molecule has 180 valence electrons. The van der Waals surface area contributed by atoms with Gasteiger partial charge in [0.15, 0.2) is 0 Å². The van der Waals surface area contributed by atoms with Crippen molar-refractivity contribution in [3.8, 4) is 0 Å². The van der Waals surface area contributed by atoms with Crippen molar-refractivity contribution in [2.75, 3.05) is 23.7 Å². The lowest BCUT2D eigenvalue weighted by Gasteiger charge is -2.32. The second-order valence-electron chi connectivity index (χ2n) is 7.42. The highest BCUT2D eigenvalue weighted by molar-refractivity contribution is 7.92. The van der Waals surface area contributed by atoms with Crippen LogP contribution >= 0.6 is 34.8 Å². The summed E-state index contributed by atoms with van der Waals surface area (Å²) < 4.78 is 26.0. The van der Waals surface area contributed by atoms with Crippen LogP contribution in [0.1, 0.15) is 25.8 Å². The lowest BCUT2D eigenvalue weighted by atomic mass is 10.1. The summed E-state index contributed by atoms with van der Waals surface area (Å²) in [5.41, 5.74) is 0.690. The van der Waals surface area contributed by atoms with Crippen LogP contribution in [0.4, 0.5) is 5.69 Å². The fraction of sp³-hybridized carbons (Fsp3) is 0.364. The van der Waals surface area contributed by atoms with Crippen LogP contribution in [-0.4, -0.2) is 50.5 Å². The summed E-state index contributed by atoms with van der Waals surface area (Å²) in [4.78, 5) is 27.4. The molecule has 1 N–H and O–H groups in total. The van der Waals surface area contributed by atoms with Crippen molar-refractivity contribution in [3.05, 3.63) is 63.1 Å². The highest BCUT2D eigenvalue weighted by Gasteiger charge is 2.31. The van der Waals surface area contributed by atoms with Gasteiger partial charge in [-0.1, -0.05) is 66.0 Å². The molecule has 0 aliphatic carbocycles. The molecule has 0 spiro atoms. The van der Waals surface area contributed by atoms with E-state index in [9.17, 15) is 18.0 Å². The maximum Gasteiger partial charge on any atom is 0.244 e. The number of hydrogen-bond acceptors (Lipinski definition) is 4. The Morgan fingerprint density at radius 1 is 1.03 bits per heavy atom. The molecule has 33 heavy (non-hydrogen) atoms. The maximum atomic E-state index is 13.4. The standard InChI is InChI=1S/C22H26Cl3N3O4S/c1-4-12-26-22(30)15(2)27(13-16-8-5-6-9-17(16)23)20(29)14-28(33(3,31)32)19-11-7-10-18(24)21(19)25/h5-11,15H,4,12-14H2,1-3H3,(H,26,30)/t15-/m0/s1. The van der Waals surface area contributed by atoms with Gasteiger partial charge in [-0.25, -0.2) is 8.42 Å². The van der Waals surface area contributed by atoms with Crippen LogP contribution in [-0.2, 0) is 26.2 Å². The van der Waals surface area contributed by atoms with E-state index in [-0.39, 0.29) is 28.2 Å². The Bertz CT molecular complexity index is 1110. The number of benzene rings is 2. The number of anilines is 1. The first-order valence-electron chi connectivity index (χ1n) is 10.2. The second kappa shape index (κ2) is 11.9. The van der Waals surface area contributed by atoms with Crippen molar-refractivity contribution in [1.29, 1.82) is 0 Å². The lowest BCUT2D eigenvalue weighted by Crippen LogP contribution is -2.51. The predicted octanol–water partition coefficient (Wildman–Crippen LogP) is 4.36. The van der Waals surface area contributed by atoms with Gasteiger partial charge >= 0.3 is 0 Å². The third kappa shape index (κ3) is 7.24. The van der Waals surface area contributed by atoms with Gasteiger partial charge in [-0.05, 0) is 37.1 Å². The summed E-state index contributed by atoms with van der Waals surface area (Å²) in [6.07, 6.45) is 1.69. The smallest absolute Gasteiger partial charge is 0.244 e. The van der Waals surface area contributed by atoms with Gasteiger partial charge in [0.25, 0.3) is 0 Å². The van der Waals surface area contributed by atoms with Crippen LogP contribution in [0.3, 0.4) is 0 Å². The molecule has 0 aliphatic heterocycles. The number of hydrogen-bond donors (Lipinski definition) is 1. The third-order valence-corrected chi connectivity index (χ3v) is 7.20. The molecule has 0 fully saturated rings. The van der Waals surface area contributed by atoms with Gasteiger partial charge in [0.2, 0.25) is 21.8 Å². The first-order valence-corrected chi connectivity index (χ1v) is 13.2. The normalized spacial score (nSPS) is 12.2. The lowest BCUT2D eigenvalue weighted by molar-refractivity contribution is -0.139. The zero-order valence-electron chi connectivity index (χ0n) is 18.5. The summed E-state index contributed by atoms with van der Waals surface area (Å²) in [6.45, 7) is 3.38. The average molecular weight is 535 g/mol. The molecule has 11 heteroatoms. The Balaban J connectivity index is 2.43. The summed E-state index contributed by atoms with van der Waals surface area (Å²) in [5, 5.41) is 3.34. The summed E-state index contributed by atoms with van der Waals surface area (Å²) in [7, 11) is -3.91. The Morgan fingerprint density at radius 3 is 2.27 bits per heavy atom. The number of halogens is 3. The molecule has 0 aliphatic rings. The minimum atomic E-state index is -3.91. The van der Waals surface area contributed by atoms with Gasteiger partial charge in [-0.2, -0.15) is 0 Å². The van der Waals surface area contributed by atoms with Gasteiger partial charge < -0.3 is 10.2 Å². The molecule has 0 unspecified atom stereocenters. The van der Waals surface area contributed by atoms with E-state index < -0.39 is 28.5 Å². The number of sulfonamides is 1. The molecule has 2 aromatic carbocycles. The SMILES string of the molecule is CCCNC(=O)[C@H](C)N(Cc1ccccc1Cl)C(=O)CN(c1cccc(Cl)c1Cl)S(C)(=O)=O. The van der Waals surface area contributed by atoms with Crippen LogP contribution in [0.15, 0.2) is 42.5 Å². The largest absolute Gasteiger partial charge is 0.354 e. The van der Waals surface area contributed by atoms with E-state index in [2.05, 4.69) is 5.32 Å². The number of carbonyl (C=O) groups is 2. The molecule has 0 heterocycles. The van der Waals surface area contributed by atoms with E-state index in [1.807, 2.05) is 6.92 Å². The van der Waals surface area contributed by atoms with Crippen molar-refractivity contribution in [2.24, 2.45) is 0 Å². The van der Waals surface area contributed by atoms with Crippen molar-refractivity contribution in [2.45, 2.75) is 32.9 Å². The zero-order valence-corrected chi connectivity index (χ0v) is 21.6. The van der Waals surface area contributed by atoms with E-state index in [1.54, 1.807) is 31.2 Å². The summed E-state index contributed by atoms with van der Waals surface area (Å²) >= 11 is 18.6. The van der Waals surface area contributed by atoms with Gasteiger partial charge in [0.1, 0.15) is 12.6 Å². The van der Waals surface area contributed by atoms with E-state index in [0.29, 0.717) is 17.1 Å². The molecule has 0 aromatic heterocycles. The maximum absolute atomic E-state index is 13.4. The highest BCUT2D eigenvalue weighted by atomic mass is 35.5. The minimum absolute atomic E-state index is 0.00350. The second-order valence-corrected chi connectivity index (χ2v) is 10.5. The molecule has 7 nitrogen and oxygen atoms in total. The van der Waals surface area contributed by atoms with Gasteiger partial charge in [0, 0.05) is 18.1 Å². The van der Waals surface area contributed by atoms with E-state index in [0.717, 1.165) is 17.0 Å². The van der Waals surface area contributed by atoms with Gasteiger partial charge in [-0.3, -0.25) is 13.9 Å². The van der Waals surface area contributed by atoms with Crippen LogP contribution in [0, 0.1) is 0 Å². The third-order valence-electron chi connectivity index (χ3n) is 4.89. The molecule has 0 bridgehead atoms. The molecule has 0 saturated carbocycles. The van der Waals surface area contributed by atoms with Gasteiger partial charge in [0.05, 0.1) is 22.0 Å². The van der Waals surface area contributed by atoms with E-state index >= 15 is 0 Å². The van der Waals surface area contributed by atoms with Crippen LogP contribution in [0.2, 0.25) is 15.1 Å². The molecular weight excluding hydrogens is 509 g/mol. The molecule has 0 radical (unpaired) electrons. The van der Waals surface area contributed by atoms with E-state index in [4.69, 9.17) is 34.8 Å². The molecule has 2 rings (SSSR count).